The van der Waals surface area contributed by atoms with Crippen molar-refractivity contribution in [2.75, 3.05) is 32.9 Å². The second-order valence-electron chi connectivity index (χ2n) is 7.53. The molecule has 0 atom stereocenters. The second-order valence-corrected chi connectivity index (χ2v) is 7.53. The predicted molar refractivity (Wildman–Crippen MR) is 110 cm³/mol. The summed E-state index contributed by atoms with van der Waals surface area (Å²) < 4.78 is 18.5. The van der Waals surface area contributed by atoms with Gasteiger partial charge in [0.1, 0.15) is 0 Å². The maximum Gasteiger partial charge on any atom is 0.340 e. The van der Waals surface area contributed by atoms with E-state index in [1.54, 1.807) is 19.1 Å². The summed E-state index contributed by atoms with van der Waals surface area (Å²) in [6.07, 6.45) is 4.98. The van der Waals surface area contributed by atoms with Crippen LogP contribution in [-0.4, -0.2) is 60.5 Å². The van der Waals surface area contributed by atoms with Crippen LogP contribution in [0.3, 0.4) is 0 Å². The molecule has 2 saturated heterocycles. The van der Waals surface area contributed by atoms with E-state index in [1.165, 1.54) is 0 Å². The van der Waals surface area contributed by atoms with E-state index in [0.717, 1.165) is 36.3 Å². The molecular weight excluding hydrogens is 372 g/mol. The Labute approximate surface area is 172 Å². The normalized spacial score (nSPS) is 18.7. The number of amides is 1. The number of hydrogen-bond donors (Lipinski definition) is 0. The third-order valence-electron chi connectivity index (χ3n) is 5.90. The van der Waals surface area contributed by atoms with Crippen molar-refractivity contribution in [1.82, 2.24) is 9.47 Å². The summed E-state index contributed by atoms with van der Waals surface area (Å²) in [6.45, 7) is 11.5. The summed E-state index contributed by atoms with van der Waals surface area (Å²) in [5, 5.41) is 0. The van der Waals surface area contributed by atoms with Gasteiger partial charge in [-0.1, -0.05) is 0 Å². The molecule has 2 aliphatic heterocycles. The van der Waals surface area contributed by atoms with E-state index in [-0.39, 0.29) is 18.2 Å². The fraction of sp³-hybridized carbons (Fsp3) is 0.636. The Hall–Kier alpha value is -2.12. The molecule has 0 saturated carbocycles. The molecule has 1 aromatic rings. The van der Waals surface area contributed by atoms with Crippen LogP contribution >= 0.6 is 0 Å². The van der Waals surface area contributed by atoms with E-state index in [1.807, 2.05) is 25.7 Å². The summed E-state index contributed by atoms with van der Waals surface area (Å²) in [6, 6.07) is 0. The van der Waals surface area contributed by atoms with Crippen LogP contribution in [0, 0.1) is 19.8 Å². The van der Waals surface area contributed by atoms with Crippen LogP contribution in [0.2, 0.25) is 0 Å². The van der Waals surface area contributed by atoms with Gasteiger partial charge in [0.25, 0.3) is 0 Å². The third-order valence-corrected chi connectivity index (χ3v) is 5.90. The quantitative estimate of drug-likeness (QED) is 0.539. The first-order valence-electron chi connectivity index (χ1n) is 10.5. The molecule has 3 rings (SSSR count). The summed E-state index contributed by atoms with van der Waals surface area (Å²) >= 11 is 0. The number of likely N-dealkylation sites (tertiary alicyclic amines) is 1. The van der Waals surface area contributed by atoms with Crippen LogP contribution in [0.4, 0.5) is 0 Å². The molecule has 0 spiro atoms. The van der Waals surface area contributed by atoms with Crippen LogP contribution in [0.15, 0.2) is 6.08 Å². The molecule has 29 heavy (non-hydrogen) atoms. The lowest BCUT2D eigenvalue weighted by Gasteiger charge is -2.33. The van der Waals surface area contributed by atoms with Gasteiger partial charge in [-0.3, -0.25) is 4.79 Å². The molecular formula is C22H32N2O5. The number of carbonyl (C=O) groups excluding carboxylic acids is 2. The number of hydrogen-bond acceptors (Lipinski definition) is 5. The van der Waals surface area contributed by atoms with E-state index in [9.17, 15) is 9.59 Å². The van der Waals surface area contributed by atoms with Crippen LogP contribution in [0.1, 0.15) is 54.0 Å². The Morgan fingerprint density at radius 1 is 1.10 bits per heavy atom. The van der Waals surface area contributed by atoms with Crippen molar-refractivity contribution >= 4 is 18.0 Å². The van der Waals surface area contributed by atoms with Gasteiger partial charge in [-0.15, -0.1) is 0 Å². The van der Waals surface area contributed by atoms with Crippen molar-refractivity contribution in [3.8, 4) is 0 Å². The number of nitrogens with zero attached hydrogens (tertiary/aromatic N) is 2. The number of rotatable bonds is 6. The summed E-state index contributed by atoms with van der Waals surface area (Å²) in [4.78, 5) is 27.1. The maximum atomic E-state index is 12.7. The average molecular weight is 405 g/mol. The summed E-state index contributed by atoms with van der Waals surface area (Å²) in [5.74, 6) is -0.0259. The number of piperidine rings is 1. The van der Waals surface area contributed by atoms with Gasteiger partial charge >= 0.3 is 5.97 Å². The highest BCUT2D eigenvalue weighted by Gasteiger charge is 2.31. The molecule has 2 aliphatic rings. The fourth-order valence-electron chi connectivity index (χ4n) is 4.35. The van der Waals surface area contributed by atoms with Crippen LogP contribution in [0.5, 0.6) is 0 Å². The zero-order valence-electron chi connectivity index (χ0n) is 17.9. The van der Waals surface area contributed by atoms with Crippen molar-refractivity contribution in [2.24, 2.45) is 5.92 Å². The van der Waals surface area contributed by atoms with E-state index >= 15 is 0 Å². The molecule has 1 aromatic heterocycles. The van der Waals surface area contributed by atoms with E-state index in [4.69, 9.17) is 14.2 Å². The Balaban J connectivity index is 1.70. The fourth-order valence-corrected chi connectivity index (χ4v) is 4.35. The van der Waals surface area contributed by atoms with Crippen LogP contribution in [0.25, 0.3) is 6.08 Å². The monoisotopic (exact) mass is 404 g/mol. The smallest absolute Gasteiger partial charge is 0.340 e. The highest BCUT2D eigenvalue weighted by Crippen LogP contribution is 2.27. The molecule has 0 radical (unpaired) electrons. The predicted octanol–water partition coefficient (Wildman–Crippen LogP) is 2.93. The van der Waals surface area contributed by atoms with E-state index in [2.05, 4.69) is 4.57 Å². The number of carbonyl (C=O) groups is 2. The van der Waals surface area contributed by atoms with Crippen molar-refractivity contribution in [3.63, 3.8) is 0 Å². The third kappa shape index (κ3) is 4.56. The first-order valence-corrected chi connectivity index (χ1v) is 10.5. The molecule has 0 N–H and O–H groups in total. The van der Waals surface area contributed by atoms with Crippen molar-refractivity contribution < 1.29 is 23.8 Å². The van der Waals surface area contributed by atoms with Gasteiger partial charge in [-0.2, -0.15) is 0 Å². The zero-order valence-corrected chi connectivity index (χ0v) is 17.9. The Morgan fingerprint density at radius 2 is 1.76 bits per heavy atom. The lowest BCUT2D eigenvalue weighted by molar-refractivity contribution is -0.131. The first-order chi connectivity index (χ1) is 14.0. The lowest BCUT2D eigenvalue weighted by atomic mass is 9.96. The van der Waals surface area contributed by atoms with Gasteiger partial charge in [0, 0.05) is 48.6 Å². The number of esters is 1. The maximum absolute atomic E-state index is 12.7. The van der Waals surface area contributed by atoms with Gasteiger partial charge in [0.2, 0.25) is 5.91 Å². The van der Waals surface area contributed by atoms with Crippen molar-refractivity contribution in [3.05, 3.63) is 28.6 Å². The summed E-state index contributed by atoms with van der Waals surface area (Å²) in [5.41, 5.74) is 3.14. The molecule has 0 unspecified atom stereocenters. The molecule has 0 aromatic carbocycles. The topological polar surface area (TPSA) is 70.0 Å². The standard InChI is InChI=1S/C22H32N2O5/c1-5-24-15(3)18(20(16(24)4)21(26)27-6-2)7-8-19(25)23-11-9-17(10-12-23)22-28-13-14-29-22/h7-8,17,22H,5-6,9-14H2,1-4H3/b8-7+. The van der Waals surface area contributed by atoms with Crippen LogP contribution < -0.4 is 0 Å². The number of aromatic nitrogens is 1. The van der Waals surface area contributed by atoms with E-state index < -0.39 is 0 Å². The minimum absolute atomic E-state index is 0.0344. The number of ether oxygens (including phenoxy) is 3. The Bertz CT molecular complexity index is 769. The van der Waals surface area contributed by atoms with Gasteiger partial charge in [0.05, 0.1) is 25.4 Å². The van der Waals surface area contributed by atoms with E-state index in [0.29, 0.717) is 44.4 Å². The van der Waals surface area contributed by atoms with Crippen LogP contribution in [-0.2, 0) is 25.5 Å². The highest BCUT2D eigenvalue weighted by atomic mass is 16.7. The molecule has 3 heterocycles. The van der Waals surface area contributed by atoms with Gasteiger partial charge in [-0.25, -0.2) is 4.79 Å². The zero-order chi connectivity index (χ0) is 21.0. The second kappa shape index (κ2) is 9.59. The molecule has 0 aliphatic carbocycles. The largest absolute Gasteiger partial charge is 0.462 e. The van der Waals surface area contributed by atoms with Gasteiger partial charge in [-0.05, 0) is 46.6 Å². The highest BCUT2D eigenvalue weighted by molar-refractivity contribution is 5.98. The van der Waals surface area contributed by atoms with Crippen molar-refractivity contribution in [2.45, 2.75) is 53.4 Å². The first kappa shape index (κ1) is 21.6. The molecule has 7 nitrogen and oxygen atoms in total. The Kier molecular flexibility index (Phi) is 7.14. The molecule has 160 valence electrons. The Morgan fingerprint density at radius 3 is 2.34 bits per heavy atom. The minimum Gasteiger partial charge on any atom is -0.462 e. The van der Waals surface area contributed by atoms with Gasteiger partial charge in [0.15, 0.2) is 6.29 Å². The molecule has 0 bridgehead atoms. The molecule has 7 heteroatoms. The SMILES string of the molecule is CCOC(=O)c1c(/C=C/C(=O)N2CCC(C3OCCO3)CC2)c(C)n(CC)c1C. The minimum atomic E-state index is -0.343. The molecule has 2 fully saturated rings. The van der Waals surface area contributed by atoms with Crippen molar-refractivity contribution in [1.29, 1.82) is 0 Å². The molecule has 1 amide bonds. The lowest BCUT2D eigenvalue weighted by Crippen LogP contribution is -2.40. The summed E-state index contributed by atoms with van der Waals surface area (Å²) in [7, 11) is 0. The van der Waals surface area contributed by atoms with Gasteiger partial charge < -0.3 is 23.7 Å². The average Bonchev–Trinajstić information content (AvgIpc) is 3.33.